The van der Waals surface area contributed by atoms with Gasteiger partial charge in [-0.25, -0.2) is 0 Å². The van der Waals surface area contributed by atoms with Gasteiger partial charge in [-0.3, -0.25) is 4.99 Å². The first-order valence-electron chi connectivity index (χ1n) is 10.3. The van der Waals surface area contributed by atoms with Gasteiger partial charge in [0.1, 0.15) is 5.75 Å². The molecule has 0 amide bonds. The topological polar surface area (TPSA) is 73.3 Å². The van der Waals surface area contributed by atoms with E-state index in [4.69, 9.17) is 18.9 Å². The van der Waals surface area contributed by atoms with Crippen molar-refractivity contribution < 1.29 is 18.9 Å². The number of aliphatic imine (C=N–C) groups is 1. The molecule has 0 bridgehead atoms. The van der Waals surface area contributed by atoms with Crippen LogP contribution in [0.3, 0.4) is 0 Å². The van der Waals surface area contributed by atoms with Crippen LogP contribution in [0.15, 0.2) is 29.3 Å². The zero-order chi connectivity index (χ0) is 19.9. The summed E-state index contributed by atoms with van der Waals surface area (Å²) in [5, 5.41) is 6.61. The Balaban J connectivity index is 0.00000420. The van der Waals surface area contributed by atoms with E-state index in [2.05, 4.69) is 22.5 Å². The maximum Gasteiger partial charge on any atom is 0.195 e. The van der Waals surface area contributed by atoms with Crippen LogP contribution in [-0.2, 0) is 14.2 Å². The van der Waals surface area contributed by atoms with E-state index < -0.39 is 0 Å². The van der Waals surface area contributed by atoms with Crippen molar-refractivity contribution >= 4 is 35.6 Å². The largest absolute Gasteiger partial charge is 0.493 e. The monoisotopic (exact) mass is 521 g/mol. The predicted octanol–water partition coefficient (Wildman–Crippen LogP) is 3.68. The van der Waals surface area contributed by atoms with Gasteiger partial charge in [-0.15, -0.1) is 24.0 Å². The number of methoxy groups -OCH3 is 1. The van der Waals surface area contributed by atoms with Gasteiger partial charge in [-0.2, -0.15) is 0 Å². The fraction of sp³-hybridized carbons (Fsp3) is 0.667. The summed E-state index contributed by atoms with van der Waals surface area (Å²) in [6, 6.07) is 7.91. The Morgan fingerprint density at radius 2 is 2.00 bits per heavy atom. The molecule has 1 aromatic rings. The number of halogens is 1. The van der Waals surface area contributed by atoms with Crippen LogP contribution in [0, 0.1) is 0 Å². The maximum atomic E-state index is 5.90. The molecular weight excluding hydrogens is 485 g/mol. The Kier molecular flexibility index (Phi) is 14.9. The van der Waals surface area contributed by atoms with Gasteiger partial charge >= 0.3 is 0 Å². The molecule has 1 saturated heterocycles. The van der Waals surface area contributed by atoms with Crippen LogP contribution in [0.5, 0.6) is 5.75 Å². The van der Waals surface area contributed by atoms with E-state index in [9.17, 15) is 0 Å². The van der Waals surface area contributed by atoms with Crippen LogP contribution >= 0.6 is 24.0 Å². The zero-order valence-corrected chi connectivity index (χ0v) is 20.0. The molecule has 166 valence electrons. The SMILES string of the molecule is CCNC(=NCCCOC1CCOCC1)Nc1cccc(OCCCOC)c1.I. The lowest BCUT2D eigenvalue weighted by Gasteiger charge is -2.22. The highest BCUT2D eigenvalue weighted by atomic mass is 127. The van der Waals surface area contributed by atoms with E-state index in [0.717, 1.165) is 69.4 Å². The number of nitrogens with one attached hydrogen (secondary N) is 2. The Hall–Kier alpha value is -1.10. The molecule has 2 N–H and O–H groups in total. The summed E-state index contributed by atoms with van der Waals surface area (Å²) < 4.78 is 22.0. The molecule has 29 heavy (non-hydrogen) atoms. The molecule has 7 nitrogen and oxygen atoms in total. The Morgan fingerprint density at radius 1 is 1.17 bits per heavy atom. The first kappa shape index (κ1) is 25.9. The molecule has 0 atom stereocenters. The third-order valence-electron chi connectivity index (χ3n) is 4.30. The van der Waals surface area contributed by atoms with Gasteiger partial charge in [0.15, 0.2) is 5.96 Å². The number of hydrogen-bond acceptors (Lipinski definition) is 5. The van der Waals surface area contributed by atoms with Crippen LogP contribution in [-0.4, -0.2) is 65.3 Å². The van der Waals surface area contributed by atoms with Crippen molar-refractivity contribution in [2.45, 2.75) is 38.7 Å². The molecule has 0 radical (unpaired) electrons. The molecule has 0 unspecified atom stereocenters. The molecule has 0 spiro atoms. The van der Waals surface area contributed by atoms with Crippen molar-refractivity contribution in [1.82, 2.24) is 5.32 Å². The smallest absolute Gasteiger partial charge is 0.195 e. The molecule has 0 saturated carbocycles. The number of benzene rings is 1. The minimum Gasteiger partial charge on any atom is -0.493 e. The van der Waals surface area contributed by atoms with Crippen LogP contribution in [0.2, 0.25) is 0 Å². The summed E-state index contributed by atoms with van der Waals surface area (Å²) in [4.78, 5) is 4.64. The van der Waals surface area contributed by atoms with Gasteiger partial charge in [0.25, 0.3) is 0 Å². The molecule has 1 fully saturated rings. The van der Waals surface area contributed by atoms with Crippen LogP contribution < -0.4 is 15.4 Å². The lowest BCUT2D eigenvalue weighted by molar-refractivity contribution is -0.0318. The molecule has 0 aromatic heterocycles. The molecule has 1 aliphatic heterocycles. The fourth-order valence-corrected chi connectivity index (χ4v) is 2.85. The van der Waals surface area contributed by atoms with Crippen molar-refractivity contribution in [2.75, 3.05) is 58.6 Å². The van der Waals surface area contributed by atoms with Crippen molar-refractivity contribution in [3.8, 4) is 5.75 Å². The zero-order valence-electron chi connectivity index (χ0n) is 17.7. The standard InChI is InChI=1S/C21H35N3O4.HI/c1-3-22-21(23-11-5-13-27-19-9-15-26-16-10-19)24-18-7-4-8-20(17-18)28-14-6-12-25-2;/h4,7-8,17,19H,3,5-6,9-16H2,1-2H3,(H2,22,23,24);1H. The third-order valence-corrected chi connectivity index (χ3v) is 4.30. The quantitative estimate of drug-likeness (QED) is 0.189. The highest BCUT2D eigenvalue weighted by molar-refractivity contribution is 14.0. The van der Waals surface area contributed by atoms with Crippen molar-refractivity contribution in [3.05, 3.63) is 24.3 Å². The molecule has 1 heterocycles. The first-order chi connectivity index (χ1) is 13.8. The van der Waals surface area contributed by atoms with Crippen molar-refractivity contribution in [3.63, 3.8) is 0 Å². The summed E-state index contributed by atoms with van der Waals surface area (Å²) in [5.74, 6) is 1.60. The number of guanidine groups is 1. The summed E-state index contributed by atoms with van der Waals surface area (Å²) >= 11 is 0. The minimum atomic E-state index is 0. The van der Waals surface area contributed by atoms with Crippen LogP contribution in [0.25, 0.3) is 0 Å². The molecule has 1 aliphatic rings. The number of nitrogens with zero attached hydrogens (tertiary/aromatic N) is 1. The van der Waals surface area contributed by atoms with Gasteiger partial charge < -0.3 is 29.6 Å². The van der Waals surface area contributed by atoms with Gasteiger partial charge in [0, 0.05) is 64.8 Å². The Morgan fingerprint density at radius 3 is 2.76 bits per heavy atom. The normalized spacial score (nSPS) is 14.9. The molecule has 0 aliphatic carbocycles. The van der Waals surface area contributed by atoms with E-state index in [1.807, 2.05) is 24.3 Å². The second-order valence-corrected chi connectivity index (χ2v) is 6.64. The van der Waals surface area contributed by atoms with E-state index in [-0.39, 0.29) is 24.0 Å². The van der Waals surface area contributed by atoms with E-state index >= 15 is 0 Å². The lowest BCUT2D eigenvalue weighted by Crippen LogP contribution is -2.31. The van der Waals surface area contributed by atoms with Gasteiger partial charge in [-0.05, 0) is 38.3 Å². The highest BCUT2D eigenvalue weighted by Crippen LogP contribution is 2.17. The van der Waals surface area contributed by atoms with Gasteiger partial charge in [0.2, 0.25) is 0 Å². The number of rotatable bonds is 12. The van der Waals surface area contributed by atoms with Gasteiger partial charge in [0.05, 0.1) is 12.7 Å². The summed E-state index contributed by atoms with van der Waals surface area (Å²) in [7, 11) is 1.70. The third kappa shape index (κ3) is 11.6. The number of hydrogen-bond donors (Lipinski definition) is 2. The number of ether oxygens (including phenoxy) is 4. The van der Waals surface area contributed by atoms with Crippen molar-refractivity contribution in [2.24, 2.45) is 4.99 Å². The Labute approximate surface area is 191 Å². The highest BCUT2D eigenvalue weighted by Gasteiger charge is 2.13. The summed E-state index contributed by atoms with van der Waals surface area (Å²) in [5.41, 5.74) is 0.947. The maximum absolute atomic E-state index is 5.90. The van der Waals surface area contributed by atoms with E-state index in [1.54, 1.807) is 7.11 Å². The summed E-state index contributed by atoms with van der Waals surface area (Å²) in [6.45, 7) is 7.27. The average molecular weight is 521 g/mol. The molecule has 2 rings (SSSR count). The lowest BCUT2D eigenvalue weighted by atomic mass is 10.1. The molecule has 1 aromatic carbocycles. The minimum absolute atomic E-state index is 0. The Bertz CT molecular complexity index is 569. The fourth-order valence-electron chi connectivity index (χ4n) is 2.85. The van der Waals surface area contributed by atoms with Crippen LogP contribution in [0.1, 0.15) is 32.6 Å². The second-order valence-electron chi connectivity index (χ2n) is 6.64. The molecular formula is C21H36IN3O4. The molecule has 8 heteroatoms. The predicted molar refractivity (Wildman–Crippen MR) is 128 cm³/mol. The second kappa shape index (κ2) is 16.7. The first-order valence-corrected chi connectivity index (χ1v) is 10.3. The van der Waals surface area contributed by atoms with E-state index in [0.29, 0.717) is 25.9 Å². The average Bonchev–Trinajstić information content (AvgIpc) is 2.72. The van der Waals surface area contributed by atoms with E-state index in [1.165, 1.54) is 0 Å². The summed E-state index contributed by atoms with van der Waals surface area (Å²) in [6.07, 6.45) is 4.11. The number of anilines is 1. The van der Waals surface area contributed by atoms with Gasteiger partial charge in [-0.1, -0.05) is 6.07 Å². The van der Waals surface area contributed by atoms with Crippen LogP contribution in [0.4, 0.5) is 5.69 Å². The van der Waals surface area contributed by atoms with Crippen molar-refractivity contribution in [1.29, 1.82) is 0 Å².